The van der Waals surface area contributed by atoms with Crippen molar-refractivity contribution in [3.8, 4) is 5.75 Å². The van der Waals surface area contributed by atoms with Crippen molar-refractivity contribution in [3.05, 3.63) is 118 Å². The number of hydrogen-bond acceptors (Lipinski definition) is 6. The average molecular weight is 512 g/mol. The highest BCUT2D eigenvalue weighted by Crippen LogP contribution is 2.32. The molecule has 0 fully saturated rings. The summed E-state index contributed by atoms with van der Waals surface area (Å²) in [5.74, 6) is 1.84. The molecule has 5 rings (SSSR count). The Labute approximate surface area is 220 Å². The van der Waals surface area contributed by atoms with Crippen LogP contribution in [0.4, 0.5) is 5.69 Å². The van der Waals surface area contributed by atoms with E-state index in [1.165, 1.54) is 11.1 Å². The molecule has 2 heterocycles. The molecule has 3 aromatic carbocycles. The van der Waals surface area contributed by atoms with Gasteiger partial charge in [0.15, 0.2) is 5.16 Å². The molecule has 0 saturated carbocycles. The van der Waals surface area contributed by atoms with E-state index < -0.39 is 0 Å². The lowest BCUT2D eigenvalue weighted by molar-refractivity contribution is 0.318. The number of rotatable bonds is 11. The highest BCUT2D eigenvalue weighted by molar-refractivity contribution is 7.99. The number of ether oxygens (including phenoxy) is 1. The summed E-state index contributed by atoms with van der Waals surface area (Å²) in [5.41, 5.74) is 4.69. The summed E-state index contributed by atoms with van der Waals surface area (Å²) in [7, 11) is 2.02. The van der Waals surface area contributed by atoms with E-state index in [4.69, 9.17) is 4.74 Å². The molecule has 1 N–H and O–H groups in total. The Morgan fingerprint density at radius 3 is 2.67 bits per heavy atom. The summed E-state index contributed by atoms with van der Waals surface area (Å²) in [6.45, 7) is 1.28. The summed E-state index contributed by atoms with van der Waals surface area (Å²) in [4.78, 5) is 1.07. The second kappa shape index (κ2) is 11.9. The van der Waals surface area contributed by atoms with E-state index in [0.29, 0.717) is 13.2 Å². The lowest BCUT2D eigenvalue weighted by Gasteiger charge is -2.15. The predicted octanol–water partition coefficient (Wildman–Crippen LogP) is 6.65. The molecule has 0 aliphatic rings. The minimum Gasteiger partial charge on any atom is -0.493 e. The van der Waals surface area contributed by atoms with Crippen molar-refractivity contribution in [3.63, 3.8) is 0 Å². The van der Waals surface area contributed by atoms with Crippen LogP contribution in [0, 0.1) is 6.07 Å². The van der Waals surface area contributed by atoms with Crippen LogP contribution in [0.1, 0.15) is 22.5 Å². The van der Waals surface area contributed by atoms with Crippen molar-refractivity contribution in [2.24, 2.45) is 7.05 Å². The standard InChI is InChI=1S/C29H27N4OS2/c1-33-28(18-23-15-17-35-21-23)31-32-29(33)36-26-13-12-24(20-30-25-10-6-3-7-11-25)27(19-26)34-16-14-22-8-4-2-5-9-22/h2,4-13,15,17,19,21,30H,14,16,18,20H2,1H3. The Balaban J connectivity index is 1.31. The maximum atomic E-state index is 6.31. The van der Waals surface area contributed by atoms with Gasteiger partial charge < -0.3 is 14.6 Å². The molecular formula is C29H27N4OS2. The first kappa shape index (κ1) is 24.2. The third-order valence-corrected chi connectivity index (χ3v) is 7.57. The molecule has 7 heteroatoms. The van der Waals surface area contributed by atoms with Crippen LogP contribution in [0.25, 0.3) is 0 Å². The monoisotopic (exact) mass is 511 g/mol. The Hall–Kier alpha value is -3.55. The zero-order valence-corrected chi connectivity index (χ0v) is 21.7. The summed E-state index contributed by atoms with van der Waals surface area (Å²) >= 11 is 3.30. The first-order valence-electron chi connectivity index (χ1n) is 11.8. The van der Waals surface area contributed by atoms with Crippen molar-refractivity contribution in [1.29, 1.82) is 0 Å². The number of hydrogen-bond donors (Lipinski definition) is 1. The SMILES string of the molecule is Cn1c(Cc2ccsc2)nnc1Sc1ccc(CNc2cc[c]cc2)c(OCCc2ccccc2)c1. The van der Waals surface area contributed by atoms with E-state index in [-0.39, 0.29) is 0 Å². The first-order valence-corrected chi connectivity index (χ1v) is 13.6. The normalized spacial score (nSPS) is 10.9. The van der Waals surface area contributed by atoms with Gasteiger partial charge in [-0.1, -0.05) is 48.5 Å². The maximum Gasteiger partial charge on any atom is 0.195 e. The molecule has 181 valence electrons. The predicted molar refractivity (Wildman–Crippen MR) is 147 cm³/mol. The molecule has 2 aromatic heterocycles. The van der Waals surface area contributed by atoms with Gasteiger partial charge in [0.05, 0.1) is 6.61 Å². The molecule has 0 saturated heterocycles. The van der Waals surface area contributed by atoms with Crippen molar-refractivity contribution in [1.82, 2.24) is 14.8 Å². The summed E-state index contributed by atoms with van der Waals surface area (Å²) in [6.07, 6.45) is 1.64. The highest BCUT2D eigenvalue weighted by atomic mass is 32.2. The lowest BCUT2D eigenvalue weighted by atomic mass is 10.1. The van der Waals surface area contributed by atoms with E-state index in [1.807, 2.05) is 37.4 Å². The van der Waals surface area contributed by atoms with Crippen LogP contribution < -0.4 is 10.1 Å². The number of anilines is 1. The van der Waals surface area contributed by atoms with Crippen molar-refractivity contribution >= 4 is 28.8 Å². The van der Waals surface area contributed by atoms with E-state index in [9.17, 15) is 0 Å². The third kappa shape index (κ3) is 6.36. The maximum absolute atomic E-state index is 6.31. The van der Waals surface area contributed by atoms with Gasteiger partial charge in [-0.3, -0.25) is 0 Å². The fourth-order valence-electron chi connectivity index (χ4n) is 3.77. The van der Waals surface area contributed by atoms with Crippen molar-refractivity contribution in [2.75, 3.05) is 11.9 Å². The Morgan fingerprint density at radius 1 is 1.00 bits per heavy atom. The first-order chi connectivity index (χ1) is 17.7. The minimum absolute atomic E-state index is 0.611. The van der Waals surface area contributed by atoms with Crippen LogP contribution in [-0.4, -0.2) is 21.4 Å². The number of nitrogens with zero attached hydrogens (tertiary/aromatic N) is 3. The number of aromatic nitrogens is 3. The fraction of sp³-hybridized carbons (Fsp3) is 0.172. The van der Waals surface area contributed by atoms with Crippen LogP contribution in [0.3, 0.4) is 0 Å². The number of nitrogens with one attached hydrogen (secondary N) is 1. The zero-order chi connectivity index (χ0) is 24.6. The van der Waals surface area contributed by atoms with Crippen LogP contribution in [-0.2, 0) is 26.4 Å². The molecule has 0 amide bonds. The molecule has 5 nitrogen and oxygen atoms in total. The van der Waals surface area contributed by atoms with E-state index >= 15 is 0 Å². The Bertz CT molecular complexity index is 1370. The molecule has 36 heavy (non-hydrogen) atoms. The van der Waals surface area contributed by atoms with Gasteiger partial charge in [-0.2, -0.15) is 11.3 Å². The van der Waals surface area contributed by atoms with Gasteiger partial charge in [-0.15, -0.1) is 10.2 Å². The molecule has 0 aliphatic heterocycles. The van der Waals surface area contributed by atoms with Gasteiger partial charge in [0.1, 0.15) is 11.6 Å². The van der Waals surface area contributed by atoms with Gasteiger partial charge >= 0.3 is 0 Å². The summed E-state index contributed by atoms with van der Waals surface area (Å²) in [6, 6.07) is 29.8. The lowest BCUT2D eigenvalue weighted by Crippen LogP contribution is -2.06. The third-order valence-electron chi connectivity index (χ3n) is 5.81. The molecule has 0 aliphatic carbocycles. The molecule has 0 bridgehead atoms. The van der Waals surface area contributed by atoms with E-state index in [2.05, 4.69) is 85.4 Å². The summed E-state index contributed by atoms with van der Waals surface area (Å²) < 4.78 is 8.38. The van der Waals surface area contributed by atoms with E-state index in [1.54, 1.807) is 23.1 Å². The van der Waals surface area contributed by atoms with Gasteiger partial charge in [0.2, 0.25) is 0 Å². The van der Waals surface area contributed by atoms with E-state index in [0.717, 1.165) is 45.7 Å². The molecule has 1 radical (unpaired) electrons. The second-order valence-corrected chi connectivity index (χ2v) is 10.2. The molecule has 0 spiro atoms. The fourth-order valence-corrected chi connectivity index (χ4v) is 5.28. The number of benzene rings is 3. The van der Waals surface area contributed by atoms with Crippen molar-refractivity contribution < 1.29 is 4.74 Å². The van der Waals surface area contributed by atoms with Gasteiger partial charge in [0.25, 0.3) is 0 Å². The largest absolute Gasteiger partial charge is 0.493 e. The molecule has 5 aromatic rings. The molecular weight excluding hydrogens is 484 g/mol. The smallest absolute Gasteiger partial charge is 0.195 e. The Kier molecular flexibility index (Phi) is 8.00. The molecule has 0 unspecified atom stereocenters. The van der Waals surface area contributed by atoms with Crippen LogP contribution in [0.5, 0.6) is 5.75 Å². The van der Waals surface area contributed by atoms with Crippen LogP contribution in [0.2, 0.25) is 0 Å². The van der Waals surface area contributed by atoms with Gasteiger partial charge in [-0.25, -0.2) is 0 Å². The summed E-state index contributed by atoms with van der Waals surface area (Å²) in [5, 5.41) is 17.5. The van der Waals surface area contributed by atoms with Gasteiger partial charge in [0, 0.05) is 42.6 Å². The zero-order valence-electron chi connectivity index (χ0n) is 20.1. The minimum atomic E-state index is 0.611. The topological polar surface area (TPSA) is 52.0 Å². The number of thiophene rings is 1. The quantitative estimate of drug-likeness (QED) is 0.215. The van der Waals surface area contributed by atoms with Crippen molar-refractivity contribution in [2.45, 2.75) is 29.4 Å². The van der Waals surface area contributed by atoms with Gasteiger partial charge in [-0.05, 0) is 70.0 Å². The Morgan fingerprint density at radius 2 is 1.86 bits per heavy atom. The van der Waals surface area contributed by atoms with Crippen LogP contribution >= 0.6 is 23.1 Å². The van der Waals surface area contributed by atoms with Crippen LogP contribution in [0.15, 0.2) is 99.7 Å². The molecule has 0 atom stereocenters. The highest BCUT2D eigenvalue weighted by Gasteiger charge is 2.13. The second-order valence-electron chi connectivity index (χ2n) is 8.36. The average Bonchev–Trinajstić information content (AvgIpc) is 3.55.